The molecule has 2 fully saturated rings. The fourth-order valence-corrected chi connectivity index (χ4v) is 4.82. The van der Waals surface area contributed by atoms with Crippen molar-refractivity contribution in [2.45, 2.75) is 6.04 Å². The highest BCUT2D eigenvalue weighted by molar-refractivity contribution is 5.96. The molecule has 0 radical (unpaired) electrons. The molecule has 1 N–H and O–H groups in total. The molecular weight excluding hydrogens is 375 g/mol. The minimum atomic E-state index is -0.242. The summed E-state index contributed by atoms with van der Waals surface area (Å²) in [6, 6.07) is 9.87. The van der Waals surface area contributed by atoms with Gasteiger partial charge in [0.25, 0.3) is 5.91 Å². The zero-order valence-corrected chi connectivity index (χ0v) is 16.8. The molecule has 6 nitrogen and oxygen atoms in total. The molecule has 0 aliphatic carbocycles. The summed E-state index contributed by atoms with van der Waals surface area (Å²) >= 11 is 0. The molecule has 3 atom stereocenters. The maximum atomic E-state index is 13.8. The normalized spacial score (nSPS) is 23.9. The SMILES string of the molecule is COc1cc(C(=O)N2C[C@@H]3CN(C)[C@@H](c4cccc(F)c4)[C@@H]3C2)cc(OC)c1O. The van der Waals surface area contributed by atoms with Crippen LogP contribution in [0.25, 0.3) is 0 Å². The third-order valence-corrected chi connectivity index (χ3v) is 6.10. The Labute approximate surface area is 169 Å². The van der Waals surface area contributed by atoms with Gasteiger partial charge < -0.3 is 19.5 Å². The first kappa shape index (κ1) is 19.5. The Bertz CT molecular complexity index is 910. The second-order valence-corrected chi connectivity index (χ2v) is 7.80. The van der Waals surface area contributed by atoms with Crippen LogP contribution in [0.1, 0.15) is 22.0 Å². The van der Waals surface area contributed by atoms with Crippen LogP contribution in [0.2, 0.25) is 0 Å². The van der Waals surface area contributed by atoms with Crippen molar-refractivity contribution in [2.24, 2.45) is 11.8 Å². The lowest BCUT2D eigenvalue weighted by Gasteiger charge is -2.27. The van der Waals surface area contributed by atoms with Gasteiger partial charge in [0.15, 0.2) is 11.5 Å². The number of benzene rings is 2. The van der Waals surface area contributed by atoms with E-state index >= 15 is 0 Å². The van der Waals surface area contributed by atoms with E-state index in [1.165, 1.54) is 32.4 Å². The molecule has 0 bridgehead atoms. The monoisotopic (exact) mass is 400 g/mol. The number of phenols is 1. The molecule has 2 saturated heterocycles. The Morgan fingerprint density at radius 1 is 1.10 bits per heavy atom. The molecule has 1 amide bonds. The minimum absolute atomic E-state index is 0.0809. The Morgan fingerprint density at radius 2 is 1.79 bits per heavy atom. The molecule has 2 heterocycles. The van der Waals surface area contributed by atoms with E-state index in [0.29, 0.717) is 24.6 Å². The average Bonchev–Trinajstić information content (AvgIpc) is 3.24. The first-order chi connectivity index (χ1) is 13.9. The summed E-state index contributed by atoms with van der Waals surface area (Å²) in [7, 11) is 4.92. The number of ether oxygens (including phenoxy) is 2. The van der Waals surface area contributed by atoms with Crippen molar-refractivity contribution in [1.82, 2.24) is 9.80 Å². The molecule has 2 aliphatic heterocycles. The second-order valence-electron chi connectivity index (χ2n) is 7.80. The predicted molar refractivity (Wildman–Crippen MR) is 106 cm³/mol. The maximum Gasteiger partial charge on any atom is 0.254 e. The molecule has 7 heteroatoms. The number of fused-ring (bicyclic) bond motifs is 1. The van der Waals surface area contributed by atoms with E-state index in [4.69, 9.17) is 9.47 Å². The van der Waals surface area contributed by atoms with E-state index in [1.807, 2.05) is 11.0 Å². The molecule has 0 aromatic heterocycles. The van der Waals surface area contributed by atoms with Crippen molar-refractivity contribution in [3.8, 4) is 17.2 Å². The van der Waals surface area contributed by atoms with E-state index in [0.717, 1.165) is 12.1 Å². The standard InChI is InChI=1S/C22H25FN2O4/c1-24-10-15-11-25(12-17(15)20(24)13-5-4-6-16(23)7-13)22(27)14-8-18(28-2)21(26)19(9-14)29-3/h4-9,15,17,20,26H,10-12H2,1-3H3/t15-,17+,20-/m0/s1. The zero-order chi connectivity index (χ0) is 20.7. The van der Waals surface area contributed by atoms with Crippen LogP contribution in [0.5, 0.6) is 17.2 Å². The fraction of sp³-hybridized carbons (Fsp3) is 0.409. The molecule has 2 aliphatic rings. The van der Waals surface area contributed by atoms with Crippen LogP contribution >= 0.6 is 0 Å². The highest BCUT2D eigenvalue weighted by Gasteiger charge is 2.47. The fourth-order valence-electron chi connectivity index (χ4n) is 4.82. The summed E-state index contributed by atoms with van der Waals surface area (Å²) < 4.78 is 24.1. The first-order valence-corrected chi connectivity index (χ1v) is 9.63. The number of methoxy groups -OCH3 is 2. The topological polar surface area (TPSA) is 62.2 Å². The van der Waals surface area contributed by atoms with E-state index < -0.39 is 0 Å². The van der Waals surface area contributed by atoms with Crippen LogP contribution in [0, 0.1) is 17.7 Å². The van der Waals surface area contributed by atoms with Gasteiger partial charge in [-0.3, -0.25) is 9.69 Å². The highest BCUT2D eigenvalue weighted by Crippen LogP contribution is 2.45. The molecule has 154 valence electrons. The lowest BCUT2D eigenvalue weighted by molar-refractivity contribution is 0.0767. The van der Waals surface area contributed by atoms with Gasteiger partial charge >= 0.3 is 0 Å². The number of likely N-dealkylation sites (tertiary alicyclic amines) is 2. The Balaban J connectivity index is 1.58. The van der Waals surface area contributed by atoms with Crippen LogP contribution in [0.15, 0.2) is 36.4 Å². The number of carbonyl (C=O) groups is 1. The van der Waals surface area contributed by atoms with Crippen LogP contribution in [0.3, 0.4) is 0 Å². The number of hydrogen-bond acceptors (Lipinski definition) is 5. The van der Waals surface area contributed by atoms with Gasteiger partial charge in [-0.25, -0.2) is 4.39 Å². The molecule has 0 spiro atoms. The van der Waals surface area contributed by atoms with Crippen LogP contribution in [-0.4, -0.2) is 61.7 Å². The van der Waals surface area contributed by atoms with Gasteiger partial charge in [-0.2, -0.15) is 0 Å². The van der Waals surface area contributed by atoms with Gasteiger partial charge in [0.05, 0.1) is 14.2 Å². The van der Waals surface area contributed by atoms with Crippen molar-refractivity contribution < 1.29 is 23.8 Å². The van der Waals surface area contributed by atoms with Crippen molar-refractivity contribution in [1.29, 1.82) is 0 Å². The number of nitrogens with zero attached hydrogens (tertiary/aromatic N) is 2. The predicted octanol–water partition coefficient (Wildman–Crippen LogP) is 2.92. The number of rotatable bonds is 4. The van der Waals surface area contributed by atoms with Crippen LogP contribution < -0.4 is 9.47 Å². The quantitative estimate of drug-likeness (QED) is 0.855. The number of hydrogen-bond donors (Lipinski definition) is 1. The zero-order valence-electron chi connectivity index (χ0n) is 16.8. The largest absolute Gasteiger partial charge is 0.502 e. The minimum Gasteiger partial charge on any atom is -0.502 e. The van der Waals surface area contributed by atoms with E-state index in [2.05, 4.69) is 11.9 Å². The van der Waals surface area contributed by atoms with Crippen molar-refractivity contribution in [3.63, 3.8) is 0 Å². The van der Waals surface area contributed by atoms with Gasteiger partial charge in [-0.05, 0) is 42.8 Å². The molecule has 0 saturated carbocycles. The molecule has 29 heavy (non-hydrogen) atoms. The maximum absolute atomic E-state index is 13.8. The van der Waals surface area contributed by atoms with Crippen molar-refractivity contribution >= 4 is 5.91 Å². The first-order valence-electron chi connectivity index (χ1n) is 9.63. The number of amides is 1. The molecule has 4 rings (SSSR count). The lowest BCUT2D eigenvalue weighted by atomic mass is 9.89. The van der Waals surface area contributed by atoms with E-state index in [9.17, 15) is 14.3 Å². The van der Waals surface area contributed by atoms with Crippen molar-refractivity contribution in [2.75, 3.05) is 40.9 Å². The van der Waals surface area contributed by atoms with Gasteiger partial charge in [0, 0.05) is 37.2 Å². The lowest BCUT2D eigenvalue weighted by Crippen LogP contribution is -2.33. The van der Waals surface area contributed by atoms with Crippen LogP contribution in [-0.2, 0) is 0 Å². The number of carbonyl (C=O) groups excluding carboxylic acids is 1. The second kappa shape index (κ2) is 7.55. The summed E-state index contributed by atoms with van der Waals surface area (Å²) in [6.07, 6.45) is 0. The molecule has 2 aromatic rings. The third kappa shape index (κ3) is 3.40. The summed E-state index contributed by atoms with van der Waals surface area (Å²) in [5.74, 6) is 0.474. The number of phenolic OH excluding ortho intramolecular Hbond substituents is 1. The van der Waals surface area contributed by atoms with Crippen LogP contribution in [0.4, 0.5) is 4.39 Å². The summed E-state index contributed by atoms with van der Waals surface area (Å²) in [6.45, 7) is 2.10. The number of aromatic hydroxyl groups is 1. The average molecular weight is 400 g/mol. The van der Waals surface area contributed by atoms with Gasteiger partial charge in [-0.15, -0.1) is 0 Å². The van der Waals surface area contributed by atoms with Gasteiger partial charge in [0.2, 0.25) is 5.75 Å². The van der Waals surface area contributed by atoms with E-state index in [-0.39, 0.29) is 40.9 Å². The summed E-state index contributed by atoms with van der Waals surface area (Å²) in [5.41, 5.74) is 1.36. The molecular formula is C22H25FN2O4. The number of halogens is 1. The van der Waals surface area contributed by atoms with E-state index in [1.54, 1.807) is 12.1 Å². The van der Waals surface area contributed by atoms with Gasteiger partial charge in [-0.1, -0.05) is 12.1 Å². The summed E-state index contributed by atoms with van der Waals surface area (Å²) in [5, 5.41) is 10.1. The molecule has 2 aromatic carbocycles. The van der Waals surface area contributed by atoms with Crippen molar-refractivity contribution in [3.05, 3.63) is 53.3 Å². The smallest absolute Gasteiger partial charge is 0.254 e. The Morgan fingerprint density at radius 3 is 2.41 bits per heavy atom. The Kier molecular flexibility index (Phi) is 5.08. The Hall–Kier alpha value is -2.80. The van der Waals surface area contributed by atoms with Gasteiger partial charge in [0.1, 0.15) is 5.82 Å². The molecule has 0 unspecified atom stereocenters. The highest BCUT2D eigenvalue weighted by atomic mass is 19.1. The summed E-state index contributed by atoms with van der Waals surface area (Å²) in [4.78, 5) is 17.2. The third-order valence-electron chi connectivity index (χ3n) is 6.10.